The first-order valence-corrected chi connectivity index (χ1v) is 24.7. The van der Waals surface area contributed by atoms with Crippen LogP contribution < -0.4 is 25.4 Å². The van der Waals surface area contributed by atoms with Gasteiger partial charge in [-0.1, -0.05) is 111 Å². The van der Waals surface area contributed by atoms with E-state index in [0.717, 1.165) is 41.0 Å². The predicted molar refractivity (Wildman–Crippen MR) is 262 cm³/mol. The van der Waals surface area contributed by atoms with Gasteiger partial charge >= 0.3 is 0 Å². The van der Waals surface area contributed by atoms with Gasteiger partial charge in [0.25, 0.3) is 0 Å². The van der Waals surface area contributed by atoms with Gasteiger partial charge in [0.05, 0.1) is 59.0 Å². The van der Waals surface area contributed by atoms with Crippen molar-refractivity contribution in [2.45, 2.75) is 64.2 Å². The third-order valence-corrected chi connectivity index (χ3v) is 15.6. The van der Waals surface area contributed by atoms with Crippen LogP contribution in [0.1, 0.15) is 62.5 Å². The van der Waals surface area contributed by atoms with E-state index in [9.17, 15) is 0 Å². The minimum absolute atomic E-state index is 0.451. The second kappa shape index (κ2) is 28.9. The third-order valence-electron chi connectivity index (χ3n) is 11.1. The zero-order chi connectivity index (χ0) is 43.3. The van der Waals surface area contributed by atoms with E-state index in [1.165, 1.54) is 72.6 Å². The minimum atomic E-state index is -1.74. The Morgan fingerprint density at radius 2 is 0.935 bits per heavy atom. The van der Waals surface area contributed by atoms with Crippen LogP contribution >= 0.6 is 7.26 Å². The van der Waals surface area contributed by atoms with Crippen molar-refractivity contribution in [1.82, 2.24) is 0 Å². The lowest BCUT2D eigenvalue weighted by molar-refractivity contribution is 0.000137. The third kappa shape index (κ3) is 15.7. The van der Waals surface area contributed by atoms with Crippen molar-refractivity contribution in [1.29, 1.82) is 0 Å². The Labute approximate surface area is 373 Å². The normalized spacial score (nSPS) is 11.4. The molecule has 0 spiro atoms. The fourth-order valence-corrected chi connectivity index (χ4v) is 12.3. The van der Waals surface area contributed by atoms with Crippen LogP contribution in [0.2, 0.25) is 0 Å². The molecule has 0 fully saturated rings. The van der Waals surface area contributed by atoms with E-state index in [1.807, 2.05) is 12.2 Å². The number of allylic oxidation sites excluding steroid dienone is 2. The molecule has 0 aliphatic carbocycles. The molecule has 0 bridgehead atoms. The van der Waals surface area contributed by atoms with E-state index in [0.29, 0.717) is 65.9 Å². The Kier molecular flexibility index (Phi) is 22.6. The van der Waals surface area contributed by atoms with E-state index >= 15 is 0 Å². The van der Waals surface area contributed by atoms with Gasteiger partial charge in [0.1, 0.15) is 41.3 Å². The van der Waals surface area contributed by atoms with Gasteiger partial charge in [-0.05, 0) is 109 Å². The van der Waals surface area contributed by atoms with Gasteiger partial charge in [-0.3, -0.25) is 0 Å². The lowest BCUT2D eigenvalue weighted by Crippen LogP contribution is -2.33. The van der Waals surface area contributed by atoms with Crippen molar-refractivity contribution >= 4 is 23.2 Å². The summed E-state index contributed by atoms with van der Waals surface area (Å²) >= 11 is 0. The molecule has 62 heavy (non-hydrogen) atoms. The fourth-order valence-electron chi connectivity index (χ4n) is 7.90. The minimum Gasteiger partial charge on any atom is -0.493 e. The molecule has 5 rings (SSSR count). The van der Waals surface area contributed by atoms with Crippen molar-refractivity contribution in [3.8, 4) is 22.6 Å². The molecule has 0 aliphatic heterocycles. The fraction of sp³-hybridized carbons (Fsp3) is 0.382. The molecule has 0 radical (unpaired) electrons. The van der Waals surface area contributed by atoms with Gasteiger partial charge in [0.15, 0.2) is 0 Å². The summed E-state index contributed by atoms with van der Waals surface area (Å²) < 4.78 is 34.3. The maximum Gasteiger partial charge on any atom is 0.127 e. The summed E-state index contributed by atoms with van der Waals surface area (Å²) in [5.41, 5.74) is 4.48. The number of methoxy groups -OCH3 is 1. The van der Waals surface area contributed by atoms with Crippen LogP contribution in [0.15, 0.2) is 153 Å². The van der Waals surface area contributed by atoms with E-state index in [4.69, 9.17) is 28.4 Å². The standard InChI is InChI=1S/C55H70O6P/c1-4-23-47-31-33-55(53(45-47)48-32-34-54(49(46-48)24-5-2)61-43-42-59-41-40-58-39-38-57-37-36-56-3)60-35-21-10-8-6-7-9-11-22-44-62(50-25-15-12-16-26-50,51-27-17-13-18-28-51)52-29-19-14-20-30-52/h4-5,12-20,25-34,45-46H,1-2,6-11,21-24,35-44H2,3H3/q+1. The van der Waals surface area contributed by atoms with Crippen LogP contribution in [0.5, 0.6) is 11.5 Å². The van der Waals surface area contributed by atoms with Crippen molar-refractivity contribution in [2.24, 2.45) is 0 Å². The van der Waals surface area contributed by atoms with E-state index in [2.05, 4.69) is 141 Å². The Hall–Kier alpha value is -4.55. The Bertz CT molecular complexity index is 1870. The molecule has 7 heteroatoms. The highest BCUT2D eigenvalue weighted by atomic mass is 31.2. The molecule has 0 saturated heterocycles. The number of hydrogen-bond donors (Lipinski definition) is 0. The highest BCUT2D eigenvalue weighted by Crippen LogP contribution is 2.56. The first-order valence-electron chi connectivity index (χ1n) is 22.7. The molecule has 0 aromatic heterocycles. The number of hydrogen-bond acceptors (Lipinski definition) is 6. The Morgan fingerprint density at radius 3 is 1.48 bits per heavy atom. The zero-order valence-corrected chi connectivity index (χ0v) is 38.1. The second-order valence-corrected chi connectivity index (χ2v) is 19.1. The average Bonchev–Trinajstić information content (AvgIpc) is 3.31. The maximum atomic E-state index is 6.49. The molecule has 0 saturated carbocycles. The van der Waals surface area contributed by atoms with Crippen LogP contribution in [0.3, 0.4) is 0 Å². The largest absolute Gasteiger partial charge is 0.493 e. The smallest absolute Gasteiger partial charge is 0.127 e. The van der Waals surface area contributed by atoms with E-state index in [1.54, 1.807) is 7.11 Å². The van der Waals surface area contributed by atoms with Gasteiger partial charge in [0, 0.05) is 12.7 Å². The quantitative estimate of drug-likeness (QED) is 0.0238. The molecule has 0 heterocycles. The molecular formula is C55H70O6P+. The predicted octanol–water partition coefficient (Wildman–Crippen LogP) is 11.4. The van der Waals surface area contributed by atoms with Crippen LogP contribution in [0.25, 0.3) is 11.1 Å². The Balaban J connectivity index is 1.05. The highest BCUT2D eigenvalue weighted by Gasteiger charge is 2.44. The van der Waals surface area contributed by atoms with Crippen LogP contribution in [0.4, 0.5) is 0 Å². The first kappa shape index (κ1) is 48.5. The molecule has 0 unspecified atom stereocenters. The molecule has 330 valence electrons. The van der Waals surface area contributed by atoms with Crippen LogP contribution in [-0.4, -0.2) is 72.7 Å². The summed E-state index contributed by atoms with van der Waals surface area (Å²) in [7, 11) is -0.0832. The zero-order valence-electron chi connectivity index (χ0n) is 37.2. The summed E-state index contributed by atoms with van der Waals surface area (Å²) in [4.78, 5) is 0. The highest BCUT2D eigenvalue weighted by molar-refractivity contribution is 7.95. The molecule has 0 amide bonds. The second-order valence-electron chi connectivity index (χ2n) is 15.5. The first-order chi connectivity index (χ1) is 30.7. The number of unbranched alkanes of at least 4 members (excludes halogenated alkanes) is 7. The monoisotopic (exact) mass is 857 g/mol. The SMILES string of the molecule is C=CCc1ccc(OCCCCCCCCCC[P+](c2ccccc2)(c2ccccc2)c2ccccc2)c(-c2ccc(OCCOCCOCCOCCOC)c(CC=C)c2)c1. The van der Waals surface area contributed by atoms with Crippen molar-refractivity contribution in [3.05, 3.63) is 164 Å². The van der Waals surface area contributed by atoms with E-state index < -0.39 is 7.26 Å². The van der Waals surface area contributed by atoms with Crippen LogP contribution in [0, 0.1) is 0 Å². The summed E-state index contributed by atoms with van der Waals surface area (Å²) in [5.74, 6) is 1.75. The van der Waals surface area contributed by atoms with Crippen LogP contribution in [-0.2, 0) is 31.8 Å². The summed E-state index contributed by atoms with van der Waals surface area (Å²) in [6.07, 6.45) is 16.3. The molecule has 5 aromatic rings. The number of rotatable bonds is 33. The molecule has 6 nitrogen and oxygen atoms in total. The van der Waals surface area contributed by atoms with Crippen molar-refractivity contribution in [2.75, 3.05) is 72.7 Å². The summed E-state index contributed by atoms with van der Waals surface area (Å²) in [6.45, 7) is 12.9. The average molecular weight is 858 g/mol. The summed E-state index contributed by atoms with van der Waals surface area (Å²) in [5, 5.41) is 4.44. The molecule has 0 N–H and O–H groups in total. The maximum absolute atomic E-state index is 6.49. The van der Waals surface area contributed by atoms with Crippen molar-refractivity contribution in [3.63, 3.8) is 0 Å². The molecular weight excluding hydrogens is 788 g/mol. The number of benzene rings is 5. The summed E-state index contributed by atoms with van der Waals surface area (Å²) in [6, 6.07) is 46.7. The van der Waals surface area contributed by atoms with Gasteiger partial charge in [-0.15, -0.1) is 13.2 Å². The molecule has 0 aliphatic rings. The molecule has 0 atom stereocenters. The van der Waals surface area contributed by atoms with Gasteiger partial charge in [0.2, 0.25) is 0 Å². The molecule has 5 aromatic carbocycles. The number of ether oxygens (including phenoxy) is 6. The lowest BCUT2D eigenvalue weighted by Gasteiger charge is -2.27. The van der Waals surface area contributed by atoms with Gasteiger partial charge < -0.3 is 28.4 Å². The van der Waals surface area contributed by atoms with Crippen molar-refractivity contribution < 1.29 is 28.4 Å². The Morgan fingerprint density at radius 1 is 0.452 bits per heavy atom. The van der Waals surface area contributed by atoms with Gasteiger partial charge in [-0.2, -0.15) is 0 Å². The van der Waals surface area contributed by atoms with Gasteiger partial charge in [-0.25, -0.2) is 0 Å². The topological polar surface area (TPSA) is 55.4 Å². The van der Waals surface area contributed by atoms with E-state index in [-0.39, 0.29) is 0 Å². The lowest BCUT2D eigenvalue weighted by atomic mass is 9.97.